The second-order valence-electron chi connectivity index (χ2n) is 4.10. The van der Waals surface area contributed by atoms with Gasteiger partial charge in [-0.2, -0.15) is 13.2 Å². The Morgan fingerprint density at radius 1 is 1.39 bits per heavy atom. The summed E-state index contributed by atoms with van der Waals surface area (Å²) in [6.07, 6.45) is -4.87. The number of halogens is 3. The number of carbonyl (C=O) groups excluding carboxylic acids is 1. The summed E-state index contributed by atoms with van der Waals surface area (Å²) in [6.45, 7) is 1.81. The van der Waals surface area contributed by atoms with E-state index in [1.165, 1.54) is 6.07 Å². The van der Waals surface area contributed by atoms with E-state index in [-0.39, 0.29) is 0 Å². The van der Waals surface area contributed by atoms with Gasteiger partial charge < -0.3 is 10.1 Å². The molecule has 0 aliphatic carbocycles. The number of hydrogen-bond donors (Lipinski definition) is 1. The minimum absolute atomic E-state index is 0.405. The fourth-order valence-corrected chi connectivity index (χ4v) is 1.98. The van der Waals surface area contributed by atoms with Crippen LogP contribution in [0.15, 0.2) is 24.3 Å². The van der Waals surface area contributed by atoms with Crippen molar-refractivity contribution >= 4 is 6.09 Å². The summed E-state index contributed by atoms with van der Waals surface area (Å²) in [4.78, 5) is 11.1. The summed E-state index contributed by atoms with van der Waals surface area (Å²) in [5, 5.41) is 2.52. The highest BCUT2D eigenvalue weighted by atomic mass is 19.4. The van der Waals surface area contributed by atoms with E-state index < -0.39 is 30.0 Å². The number of hydrogen-bond acceptors (Lipinski definition) is 2. The summed E-state index contributed by atoms with van der Waals surface area (Å²) >= 11 is 0. The molecule has 1 aliphatic heterocycles. The van der Waals surface area contributed by atoms with Crippen LogP contribution in [0.3, 0.4) is 0 Å². The van der Waals surface area contributed by atoms with Gasteiger partial charge in [0.2, 0.25) is 0 Å². The first-order valence-electron chi connectivity index (χ1n) is 5.56. The third-order valence-electron chi connectivity index (χ3n) is 2.88. The quantitative estimate of drug-likeness (QED) is 0.885. The van der Waals surface area contributed by atoms with E-state index in [9.17, 15) is 18.0 Å². The molecule has 0 saturated carbocycles. The highest BCUT2D eigenvalue weighted by Gasteiger charge is 2.36. The molecule has 2 rings (SSSR count). The summed E-state index contributed by atoms with van der Waals surface area (Å²) in [7, 11) is 0. The van der Waals surface area contributed by atoms with Crippen molar-refractivity contribution in [3.8, 4) is 0 Å². The minimum Gasteiger partial charge on any atom is -0.444 e. The number of ether oxygens (including phenoxy) is 1. The first-order valence-corrected chi connectivity index (χ1v) is 5.56. The maximum absolute atomic E-state index is 12.6. The number of alkyl carbamates (subject to hydrolysis) is 1. The molecule has 1 aromatic rings. The number of carbonyl (C=O) groups is 1. The monoisotopic (exact) mass is 259 g/mol. The molecule has 1 saturated heterocycles. The van der Waals surface area contributed by atoms with Gasteiger partial charge in [0.15, 0.2) is 0 Å². The molecular weight excluding hydrogens is 247 g/mol. The molecule has 0 unspecified atom stereocenters. The standard InChI is InChI=1S/C12H12F3NO2/c1-2-9-10(16-11(17)18-9)7-4-3-5-8(6-7)12(13,14)15/h3-6,9-10H,2H2,1H3,(H,16,17)/t9-,10-/m0/s1. The van der Waals surface area contributed by atoms with E-state index in [0.29, 0.717) is 12.0 Å². The van der Waals surface area contributed by atoms with Crippen LogP contribution < -0.4 is 5.32 Å². The van der Waals surface area contributed by atoms with Crippen molar-refractivity contribution in [1.29, 1.82) is 0 Å². The normalized spacial score (nSPS) is 23.7. The third kappa shape index (κ3) is 2.42. The van der Waals surface area contributed by atoms with Crippen LogP contribution in [0.4, 0.5) is 18.0 Å². The summed E-state index contributed by atoms with van der Waals surface area (Å²) in [5.41, 5.74) is -0.321. The third-order valence-corrected chi connectivity index (χ3v) is 2.88. The van der Waals surface area contributed by atoms with Gasteiger partial charge in [0.1, 0.15) is 6.10 Å². The lowest BCUT2D eigenvalue weighted by atomic mass is 9.98. The Morgan fingerprint density at radius 3 is 2.72 bits per heavy atom. The van der Waals surface area contributed by atoms with Gasteiger partial charge in [-0.05, 0) is 24.1 Å². The first-order chi connectivity index (χ1) is 8.41. The zero-order valence-electron chi connectivity index (χ0n) is 9.62. The van der Waals surface area contributed by atoms with E-state index in [4.69, 9.17) is 4.74 Å². The minimum atomic E-state index is -4.39. The van der Waals surface area contributed by atoms with Crippen LogP contribution in [0.2, 0.25) is 0 Å². The smallest absolute Gasteiger partial charge is 0.416 e. The molecule has 0 aromatic heterocycles. The van der Waals surface area contributed by atoms with Gasteiger partial charge in [-0.15, -0.1) is 0 Å². The Kier molecular flexibility index (Phi) is 3.19. The Hall–Kier alpha value is -1.72. The van der Waals surface area contributed by atoms with Crippen LogP contribution in [-0.4, -0.2) is 12.2 Å². The lowest BCUT2D eigenvalue weighted by Crippen LogP contribution is -2.22. The largest absolute Gasteiger partial charge is 0.444 e. The van der Waals surface area contributed by atoms with Crippen molar-refractivity contribution in [1.82, 2.24) is 5.32 Å². The molecule has 98 valence electrons. The molecule has 1 aliphatic rings. The average Bonchev–Trinajstić information content (AvgIpc) is 2.69. The summed E-state index contributed by atoms with van der Waals surface area (Å²) < 4.78 is 42.7. The maximum Gasteiger partial charge on any atom is 0.416 e. The Morgan fingerprint density at radius 2 is 2.11 bits per heavy atom. The number of benzene rings is 1. The topological polar surface area (TPSA) is 38.3 Å². The molecule has 3 nitrogen and oxygen atoms in total. The lowest BCUT2D eigenvalue weighted by molar-refractivity contribution is -0.137. The molecule has 1 amide bonds. The average molecular weight is 259 g/mol. The van der Waals surface area contributed by atoms with Crippen LogP contribution in [0.5, 0.6) is 0 Å². The van der Waals surface area contributed by atoms with Crippen molar-refractivity contribution in [3.63, 3.8) is 0 Å². The van der Waals surface area contributed by atoms with Gasteiger partial charge in [0.05, 0.1) is 11.6 Å². The van der Waals surface area contributed by atoms with Crippen molar-refractivity contribution in [2.75, 3.05) is 0 Å². The number of nitrogens with one attached hydrogen (secondary N) is 1. The van der Waals surface area contributed by atoms with Gasteiger partial charge in [-0.25, -0.2) is 4.79 Å². The number of rotatable bonds is 2. The van der Waals surface area contributed by atoms with Crippen LogP contribution in [0.25, 0.3) is 0 Å². The first kappa shape index (κ1) is 12.7. The second kappa shape index (κ2) is 4.51. The molecular formula is C12H12F3NO2. The highest BCUT2D eigenvalue weighted by Crippen LogP contribution is 2.33. The Bertz CT molecular complexity index is 459. The van der Waals surface area contributed by atoms with Crippen molar-refractivity contribution < 1.29 is 22.7 Å². The van der Waals surface area contributed by atoms with Gasteiger partial charge in [-0.1, -0.05) is 19.1 Å². The number of cyclic esters (lactones) is 1. The van der Waals surface area contributed by atoms with Crippen molar-refractivity contribution in [2.24, 2.45) is 0 Å². The number of alkyl halides is 3. The Labute approximate surface area is 102 Å². The van der Waals surface area contributed by atoms with Gasteiger partial charge in [0, 0.05) is 0 Å². The molecule has 1 aromatic carbocycles. The van der Waals surface area contributed by atoms with E-state index in [1.807, 2.05) is 6.92 Å². The van der Waals surface area contributed by atoms with E-state index >= 15 is 0 Å². The predicted octanol–water partition coefficient (Wildman–Crippen LogP) is 3.26. The SMILES string of the molecule is CC[C@@H]1OC(=O)N[C@H]1c1cccc(C(F)(F)F)c1. The van der Waals surface area contributed by atoms with Gasteiger partial charge >= 0.3 is 12.3 Å². The van der Waals surface area contributed by atoms with Crippen LogP contribution in [0.1, 0.15) is 30.5 Å². The lowest BCUT2D eigenvalue weighted by Gasteiger charge is -2.17. The zero-order chi connectivity index (χ0) is 13.3. The zero-order valence-corrected chi connectivity index (χ0v) is 9.62. The molecule has 0 radical (unpaired) electrons. The van der Waals surface area contributed by atoms with Gasteiger partial charge in [0.25, 0.3) is 0 Å². The highest BCUT2D eigenvalue weighted by molar-refractivity contribution is 5.70. The molecule has 6 heteroatoms. The fraction of sp³-hybridized carbons (Fsp3) is 0.417. The molecule has 1 N–H and O–H groups in total. The second-order valence-corrected chi connectivity index (χ2v) is 4.10. The van der Waals surface area contributed by atoms with E-state index in [2.05, 4.69) is 5.32 Å². The van der Waals surface area contributed by atoms with Crippen molar-refractivity contribution in [2.45, 2.75) is 31.7 Å². The Balaban J connectivity index is 2.31. The predicted molar refractivity (Wildman–Crippen MR) is 57.9 cm³/mol. The van der Waals surface area contributed by atoms with E-state index in [1.54, 1.807) is 6.07 Å². The molecule has 0 bridgehead atoms. The number of amides is 1. The van der Waals surface area contributed by atoms with Crippen molar-refractivity contribution in [3.05, 3.63) is 35.4 Å². The molecule has 1 heterocycles. The summed E-state index contributed by atoms with van der Waals surface area (Å²) in [6, 6.07) is 4.40. The molecule has 18 heavy (non-hydrogen) atoms. The fourth-order valence-electron chi connectivity index (χ4n) is 1.98. The molecule has 2 atom stereocenters. The maximum atomic E-state index is 12.6. The summed E-state index contributed by atoms with van der Waals surface area (Å²) in [5.74, 6) is 0. The van der Waals surface area contributed by atoms with Crippen LogP contribution >= 0.6 is 0 Å². The van der Waals surface area contributed by atoms with Crippen LogP contribution in [0, 0.1) is 0 Å². The molecule has 0 spiro atoms. The molecule has 1 fully saturated rings. The van der Waals surface area contributed by atoms with Gasteiger partial charge in [-0.3, -0.25) is 0 Å². The van der Waals surface area contributed by atoms with E-state index in [0.717, 1.165) is 12.1 Å². The van der Waals surface area contributed by atoms with Crippen LogP contribution in [-0.2, 0) is 10.9 Å².